The van der Waals surface area contributed by atoms with Crippen molar-refractivity contribution in [2.24, 2.45) is 0 Å². The monoisotopic (exact) mass is 223 g/mol. The van der Waals surface area contributed by atoms with E-state index in [9.17, 15) is 8.78 Å². The van der Waals surface area contributed by atoms with Crippen molar-refractivity contribution in [1.29, 1.82) is 0 Å². The number of alkyl halides is 2. The molecule has 0 spiro atoms. The van der Waals surface area contributed by atoms with Gasteiger partial charge in [-0.2, -0.15) is 0 Å². The van der Waals surface area contributed by atoms with Crippen molar-refractivity contribution in [3.05, 3.63) is 5.41 Å². The van der Waals surface area contributed by atoms with Crippen LogP contribution >= 0.6 is 23.5 Å². The smallest absolute Gasteiger partial charge is 0.792 e. The second kappa shape index (κ2) is 8.46. The Morgan fingerprint density at radius 3 is 1.64 bits per heavy atom. The van der Waals surface area contributed by atoms with Gasteiger partial charge in [0, 0.05) is 0 Å². The topological polar surface area (TPSA) is 22.3 Å². The molecule has 1 nitrogen and oxygen atoms in total. The minimum Gasteiger partial charge on any atom is -0.792 e. The van der Waals surface area contributed by atoms with Crippen molar-refractivity contribution in [3.8, 4) is 0 Å². The molecule has 0 aromatic rings. The average Bonchev–Trinajstić information content (AvgIpc) is 1.58. The summed E-state index contributed by atoms with van der Waals surface area (Å²) < 4.78 is 23.8. The predicted octanol–water partition coefficient (Wildman–Crippen LogP) is 0.0132. The predicted molar refractivity (Wildman–Crippen MR) is 44.7 cm³/mol. The zero-order valence-electron chi connectivity index (χ0n) is 6.67. The standard InChI is InChI=1S/C5H8F2NS2.K/c1-3(6)9-5(8)10-4(2)7;/h3-4H,1-2H3;/q-1;+1. The Bertz CT molecular complexity index is 109. The van der Waals surface area contributed by atoms with Gasteiger partial charge in [0.2, 0.25) is 0 Å². The summed E-state index contributed by atoms with van der Waals surface area (Å²) in [7, 11) is 0. The zero-order chi connectivity index (χ0) is 8.15. The van der Waals surface area contributed by atoms with Crippen molar-refractivity contribution in [2.45, 2.75) is 24.9 Å². The summed E-state index contributed by atoms with van der Waals surface area (Å²) in [5, 5.41) is 8.75. The number of hydrogen-bond acceptors (Lipinski definition) is 2. The maximum Gasteiger partial charge on any atom is 1.00 e. The molecule has 0 aromatic carbocycles. The van der Waals surface area contributed by atoms with E-state index < -0.39 is 11.0 Å². The molecule has 0 fully saturated rings. The first kappa shape index (κ1) is 15.3. The Kier molecular flexibility index (Phi) is 11.8. The zero-order valence-corrected chi connectivity index (χ0v) is 11.4. The van der Waals surface area contributed by atoms with Gasteiger partial charge in [0.1, 0.15) is 11.0 Å². The van der Waals surface area contributed by atoms with Crippen molar-refractivity contribution in [3.63, 3.8) is 0 Å². The molecule has 0 saturated carbocycles. The third kappa shape index (κ3) is 11.9. The molecule has 0 aliphatic heterocycles. The number of nitrogens with zero attached hydrogens (tertiary/aromatic N) is 1. The van der Waals surface area contributed by atoms with Gasteiger partial charge in [0.05, 0.1) is 0 Å². The maximum absolute atomic E-state index is 12.0. The first-order valence-electron chi connectivity index (χ1n) is 2.69. The minimum absolute atomic E-state index is 0. The van der Waals surface area contributed by atoms with Crippen molar-refractivity contribution < 1.29 is 60.2 Å². The average molecular weight is 223 g/mol. The fraction of sp³-hybridized carbons (Fsp3) is 0.800. The maximum atomic E-state index is 12.0. The van der Waals surface area contributed by atoms with Crippen LogP contribution in [0.2, 0.25) is 0 Å². The second-order valence-electron chi connectivity index (χ2n) is 1.59. The van der Waals surface area contributed by atoms with E-state index in [-0.39, 0.29) is 55.8 Å². The second-order valence-corrected chi connectivity index (χ2v) is 4.39. The van der Waals surface area contributed by atoms with E-state index in [0.29, 0.717) is 23.5 Å². The summed E-state index contributed by atoms with van der Waals surface area (Å²) in [6.45, 7) is 2.56. The molecule has 6 heteroatoms. The van der Waals surface area contributed by atoms with E-state index >= 15 is 0 Å². The molecule has 0 aliphatic carbocycles. The van der Waals surface area contributed by atoms with E-state index in [0.717, 1.165) is 0 Å². The Balaban J connectivity index is 0. The molecule has 0 aromatic heterocycles. The minimum atomic E-state index is -1.19. The van der Waals surface area contributed by atoms with Gasteiger partial charge in [-0.05, 0) is 13.8 Å². The van der Waals surface area contributed by atoms with E-state index in [1.54, 1.807) is 0 Å². The SMILES string of the molecule is CC(F)SC(=[N-])SC(C)F.[K+]. The van der Waals surface area contributed by atoms with Crippen molar-refractivity contribution in [1.82, 2.24) is 0 Å². The van der Waals surface area contributed by atoms with Crippen LogP contribution in [0.3, 0.4) is 0 Å². The third-order valence-corrected chi connectivity index (χ3v) is 2.16. The van der Waals surface area contributed by atoms with Gasteiger partial charge < -0.3 is 5.41 Å². The molecule has 0 aliphatic rings. The van der Waals surface area contributed by atoms with Crippen LogP contribution in [-0.4, -0.2) is 15.4 Å². The molecule has 0 radical (unpaired) electrons. The molecular formula is C5H8F2KNS2. The summed E-state index contributed by atoms with van der Waals surface area (Å²) >= 11 is 1.22. The van der Waals surface area contributed by atoms with Gasteiger partial charge in [-0.25, -0.2) is 8.78 Å². The Hall–Kier alpha value is 1.87. The molecule has 0 heterocycles. The molecule has 0 N–H and O–H groups in total. The van der Waals surface area contributed by atoms with Gasteiger partial charge in [0.25, 0.3) is 0 Å². The summed E-state index contributed by atoms with van der Waals surface area (Å²) in [5.74, 6) is 0. The van der Waals surface area contributed by atoms with Gasteiger partial charge in [-0.1, -0.05) is 4.38 Å². The Morgan fingerprint density at radius 1 is 1.18 bits per heavy atom. The van der Waals surface area contributed by atoms with Crippen LogP contribution in [0.1, 0.15) is 13.8 Å². The summed E-state index contributed by atoms with van der Waals surface area (Å²) in [5.41, 5.74) is -2.38. The van der Waals surface area contributed by atoms with Crippen LogP contribution in [0.15, 0.2) is 0 Å². The quantitative estimate of drug-likeness (QED) is 0.374. The normalized spacial score (nSPS) is 14.9. The van der Waals surface area contributed by atoms with E-state index in [1.165, 1.54) is 13.8 Å². The van der Waals surface area contributed by atoms with Gasteiger partial charge in [-0.15, -0.1) is 23.5 Å². The largest absolute Gasteiger partial charge is 1.00 e. The number of hydrogen-bond donors (Lipinski definition) is 0. The molecule has 60 valence electrons. The summed E-state index contributed by atoms with van der Waals surface area (Å²) in [6.07, 6.45) is 0. The molecule has 2 atom stereocenters. The van der Waals surface area contributed by atoms with Crippen LogP contribution in [0, 0.1) is 0 Å². The third-order valence-electron chi connectivity index (χ3n) is 0.526. The van der Waals surface area contributed by atoms with E-state index in [4.69, 9.17) is 5.41 Å². The fourth-order valence-electron chi connectivity index (χ4n) is 0.306. The van der Waals surface area contributed by atoms with Crippen molar-refractivity contribution >= 4 is 27.9 Å². The van der Waals surface area contributed by atoms with Crippen LogP contribution in [-0.2, 0) is 0 Å². The molecule has 0 saturated heterocycles. The molecule has 11 heavy (non-hydrogen) atoms. The summed E-state index contributed by atoms with van der Waals surface area (Å²) in [6, 6.07) is 0. The molecule has 0 amide bonds. The van der Waals surface area contributed by atoms with Gasteiger partial charge in [0.15, 0.2) is 0 Å². The molecule has 2 unspecified atom stereocenters. The van der Waals surface area contributed by atoms with E-state index in [2.05, 4.69) is 0 Å². The van der Waals surface area contributed by atoms with Crippen LogP contribution in [0.5, 0.6) is 0 Å². The Morgan fingerprint density at radius 2 is 1.45 bits per heavy atom. The van der Waals surface area contributed by atoms with Crippen LogP contribution in [0.25, 0.3) is 5.41 Å². The van der Waals surface area contributed by atoms with Crippen LogP contribution < -0.4 is 51.4 Å². The van der Waals surface area contributed by atoms with E-state index in [1.807, 2.05) is 0 Å². The molecular weight excluding hydrogens is 215 g/mol. The fourth-order valence-corrected chi connectivity index (χ4v) is 1.88. The first-order valence-corrected chi connectivity index (χ1v) is 4.45. The molecule has 0 rings (SSSR count). The van der Waals surface area contributed by atoms with Crippen molar-refractivity contribution in [2.75, 3.05) is 0 Å². The number of rotatable bonds is 2. The number of halogens is 2. The Labute approximate surface area is 116 Å². The first-order chi connectivity index (χ1) is 4.52. The summed E-state index contributed by atoms with van der Waals surface area (Å²) in [4.78, 5) is 0. The van der Waals surface area contributed by atoms with Crippen LogP contribution in [0.4, 0.5) is 8.78 Å². The van der Waals surface area contributed by atoms with Gasteiger partial charge >= 0.3 is 51.4 Å². The number of thioether (sulfide) groups is 2. The van der Waals surface area contributed by atoms with Gasteiger partial charge in [-0.3, -0.25) is 0 Å². The molecule has 0 bridgehead atoms.